The van der Waals surface area contributed by atoms with Gasteiger partial charge in [-0.25, -0.2) is 4.79 Å². The summed E-state index contributed by atoms with van der Waals surface area (Å²) >= 11 is 0. The van der Waals surface area contributed by atoms with Crippen LogP contribution in [0.2, 0.25) is 0 Å². The molecule has 0 aromatic heterocycles. The molecule has 4 heteroatoms. The number of carbonyl (C=O) groups is 1. The van der Waals surface area contributed by atoms with Crippen LogP contribution in [0.15, 0.2) is 60.7 Å². The second-order valence-electron chi connectivity index (χ2n) is 8.09. The Morgan fingerprint density at radius 1 is 1.00 bits per heavy atom. The van der Waals surface area contributed by atoms with Crippen molar-refractivity contribution in [1.82, 2.24) is 4.90 Å². The van der Waals surface area contributed by atoms with Gasteiger partial charge in [0.1, 0.15) is 5.60 Å². The Labute approximate surface area is 167 Å². The molecule has 1 aliphatic carbocycles. The summed E-state index contributed by atoms with van der Waals surface area (Å²) in [7, 11) is 4.00. The van der Waals surface area contributed by atoms with Crippen LogP contribution in [0, 0.1) is 11.3 Å². The molecule has 0 heterocycles. The lowest BCUT2D eigenvalue weighted by Crippen LogP contribution is -2.44. The minimum atomic E-state index is -0.580. The van der Waals surface area contributed by atoms with Crippen molar-refractivity contribution in [2.45, 2.75) is 43.1 Å². The average molecular weight is 377 g/mol. The first-order chi connectivity index (χ1) is 13.5. The molecule has 0 saturated heterocycles. The maximum absolute atomic E-state index is 12.8. The number of nitrogens with zero attached hydrogens (tertiary/aromatic N) is 2. The third-order valence-electron chi connectivity index (χ3n) is 5.71. The molecule has 0 bridgehead atoms. The van der Waals surface area contributed by atoms with E-state index in [1.54, 1.807) is 12.1 Å². The van der Waals surface area contributed by atoms with Gasteiger partial charge in [0.2, 0.25) is 0 Å². The first-order valence-corrected chi connectivity index (χ1v) is 9.89. The molecule has 1 saturated carbocycles. The van der Waals surface area contributed by atoms with Gasteiger partial charge in [0, 0.05) is 6.54 Å². The molecule has 146 valence electrons. The number of nitriles is 1. The van der Waals surface area contributed by atoms with Gasteiger partial charge in [-0.2, -0.15) is 5.26 Å². The third kappa shape index (κ3) is 4.43. The lowest BCUT2D eigenvalue weighted by atomic mass is 9.75. The molecule has 3 rings (SSSR count). The molecule has 28 heavy (non-hydrogen) atoms. The fraction of sp³-hybridized carbons (Fsp3) is 0.417. The fourth-order valence-electron chi connectivity index (χ4n) is 4.32. The highest BCUT2D eigenvalue weighted by Gasteiger charge is 2.43. The van der Waals surface area contributed by atoms with Gasteiger partial charge in [0.05, 0.1) is 17.0 Å². The summed E-state index contributed by atoms with van der Waals surface area (Å²) in [6.45, 7) is 0.655. The zero-order valence-electron chi connectivity index (χ0n) is 16.7. The van der Waals surface area contributed by atoms with Gasteiger partial charge in [0.25, 0.3) is 0 Å². The van der Waals surface area contributed by atoms with Crippen molar-refractivity contribution in [3.05, 3.63) is 71.8 Å². The van der Waals surface area contributed by atoms with Crippen molar-refractivity contribution in [2.24, 2.45) is 0 Å². The molecular formula is C24H28N2O2. The highest BCUT2D eigenvalue weighted by Crippen LogP contribution is 2.42. The second kappa shape index (κ2) is 8.58. The number of likely N-dealkylation sites (N-methyl/N-ethyl adjacent to an activating group) is 1. The quantitative estimate of drug-likeness (QED) is 0.567. The summed E-state index contributed by atoms with van der Waals surface area (Å²) in [5, 5.41) is 10.1. The molecular weight excluding hydrogens is 348 g/mol. The van der Waals surface area contributed by atoms with E-state index in [2.05, 4.69) is 11.0 Å². The molecule has 0 amide bonds. The van der Waals surface area contributed by atoms with Crippen LogP contribution in [0.25, 0.3) is 0 Å². The first kappa shape index (κ1) is 20.1. The zero-order chi connectivity index (χ0) is 20.0. The number of esters is 1. The van der Waals surface area contributed by atoms with E-state index < -0.39 is 11.0 Å². The van der Waals surface area contributed by atoms with Crippen molar-refractivity contribution in [3.63, 3.8) is 0 Å². The summed E-state index contributed by atoms with van der Waals surface area (Å²) in [6.07, 6.45) is 3.75. The van der Waals surface area contributed by atoms with Crippen LogP contribution >= 0.6 is 0 Å². The minimum absolute atomic E-state index is 0.286. The van der Waals surface area contributed by atoms with E-state index in [0.29, 0.717) is 24.9 Å². The van der Waals surface area contributed by atoms with E-state index in [9.17, 15) is 10.1 Å². The van der Waals surface area contributed by atoms with Crippen molar-refractivity contribution >= 4 is 5.97 Å². The molecule has 1 fully saturated rings. The molecule has 0 aliphatic heterocycles. The van der Waals surface area contributed by atoms with Crippen molar-refractivity contribution < 1.29 is 9.53 Å². The van der Waals surface area contributed by atoms with E-state index in [4.69, 9.17) is 4.74 Å². The van der Waals surface area contributed by atoms with Gasteiger partial charge >= 0.3 is 5.97 Å². The number of carbonyl (C=O) groups excluding carboxylic acids is 1. The maximum atomic E-state index is 12.8. The standard InChI is InChI=1S/C24H28N2O2/c1-26(2)19-24(28-22(27)20-10-5-3-6-11-20)15-9-14-23(18-25,16-17-24)21-12-7-4-8-13-21/h3-8,10-13H,9,14-17,19H2,1-2H3/t23-,24+/m0/s1. The van der Waals surface area contributed by atoms with Crippen LogP contribution in [-0.2, 0) is 10.2 Å². The van der Waals surface area contributed by atoms with Crippen LogP contribution in [-0.4, -0.2) is 37.1 Å². The van der Waals surface area contributed by atoms with Crippen molar-refractivity contribution in [1.29, 1.82) is 5.26 Å². The predicted octanol–water partition coefficient (Wildman–Crippen LogP) is 4.57. The molecule has 0 unspecified atom stereocenters. The minimum Gasteiger partial charge on any atom is -0.454 e. The predicted molar refractivity (Wildman–Crippen MR) is 110 cm³/mol. The Balaban J connectivity index is 1.86. The molecule has 1 aliphatic rings. The Hall–Kier alpha value is -2.64. The largest absolute Gasteiger partial charge is 0.454 e. The highest BCUT2D eigenvalue weighted by molar-refractivity contribution is 5.89. The van der Waals surface area contributed by atoms with Gasteiger partial charge in [0.15, 0.2) is 0 Å². The summed E-state index contributed by atoms with van der Waals surface area (Å²) in [4.78, 5) is 14.9. The third-order valence-corrected chi connectivity index (χ3v) is 5.71. The van der Waals surface area contributed by atoms with Gasteiger partial charge in [-0.15, -0.1) is 0 Å². The summed E-state index contributed by atoms with van der Waals surface area (Å²) < 4.78 is 6.14. The smallest absolute Gasteiger partial charge is 0.338 e. The van der Waals surface area contributed by atoms with E-state index in [-0.39, 0.29) is 5.97 Å². The normalized spacial score (nSPS) is 24.9. The zero-order valence-corrected chi connectivity index (χ0v) is 16.7. The lowest BCUT2D eigenvalue weighted by Gasteiger charge is -2.35. The Kier molecular flexibility index (Phi) is 6.16. The number of benzene rings is 2. The topological polar surface area (TPSA) is 53.3 Å². The number of hydrogen-bond acceptors (Lipinski definition) is 4. The monoisotopic (exact) mass is 376 g/mol. The van der Waals surface area contributed by atoms with Crippen LogP contribution in [0.4, 0.5) is 0 Å². The van der Waals surface area contributed by atoms with Gasteiger partial charge in [-0.1, -0.05) is 48.5 Å². The molecule has 0 N–H and O–H groups in total. The van der Waals surface area contributed by atoms with Crippen LogP contribution in [0.1, 0.15) is 48.0 Å². The Bertz CT molecular complexity index is 829. The van der Waals surface area contributed by atoms with Crippen molar-refractivity contribution in [2.75, 3.05) is 20.6 Å². The van der Waals surface area contributed by atoms with E-state index >= 15 is 0 Å². The van der Waals surface area contributed by atoms with Gasteiger partial charge in [-0.3, -0.25) is 0 Å². The highest BCUT2D eigenvalue weighted by atomic mass is 16.6. The van der Waals surface area contributed by atoms with E-state index in [1.807, 2.05) is 62.6 Å². The second-order valence-corrected chi connectivity index (χ2v) is 8.09. The Morgan fingerprint density at radius 2 is 1.64 bits per heavy atom. The molecule has 4 nitrogen and oxygen atoms in total. The molecule has 0 radical (unpaired) electrons. The summed E-state index contributed by atoms with van der Waals surface area (Å²) in [5.74, 6) is -0.286. The number of hydrogen-bond donors (Lipinski definition) is 0. The van der Waals surface area contributed by atoms with Crippen molar-refractivity contribution in [3.8, 4) is 6.07 Å². The SMILES string of the molecule is CN(C)C[C@@]1(OC(=O)c2ccccc2)CCC[C@](C#N)(c2ccccc2)CC1. The number of rotatable bonds is 5. The Morgan fingerprint density at radius 3 is 2.25 bits per heavy atom. The van der Waals surface area contributed by atoms with E-state index in [0.717, 1.165) is 24.8 Å². The lowest BCUT2D eigenvalue weighted by molar-refractivity contribution is -0.0385. The molecule has 2 atom stereocenters. The van der Waals surface area contributed by atoms with Crippen LogP contribution in [0.5, 0.6) is 0 Å². The van der Waals surface area contributed by atoms with Crippen LogP contribution < -0.4 is 0 Å². The molecule has 2 aromatic rings. The van der Waals surface area contributed by atoms with Gasteiger partial charge in [-0.05, 0) is 63.9 Å². The number of ether oxygens (including phenoxy) is 1. The maximum Gasteiger partial charge on any atom is 0.338 e. The van der Waals surface area contributed by atoms with E-state index in [1.165, 1.54) is 0 Å². The summed E-state index contributed by atoms with van der Waals surface area (Å²) in [5.41, 5.74) is 0.533. The molecule has 0 spiro atoms. The first-order valence-electron chi connectivity index (χ1n) is 9.89. The summed E-state index contributed by atoms with van der Waals surface area (Å²) in [6, 6.07) is 21.8. The van der Waals surface area contributed by atoms with Crippen LogP contribution in [0.3, 0.4) is 0 Å². The fourth-order valence-corrected chi connectivity index (χ4v) is 4.32. The average Bonchev–Trinajstić information content (AvgIpc) is 2.89. The molecule has 2 aromatic carbocycles. The van der Waals surface area contributed by atoms with Gasteiger partial charge < -0.3 is 9.64 Å².